The SMILES string of the molecule is C/C=C(\C=C/C1=CC(C)(C)c2cc(-c3ccnc(-c4cccnc4C)c3)ccc21)C1C=C(/C(C)=C/C=C\NC)N=CC1. The van der Waals surface area contributed by atoms with E-state index in [1.807, 2.05) is 50.9 Å². The number of fused-ring (bicyclic) bond motifs is 1. The molecule has 1 aliphatic heterocycles. The van der Waals surface area contributed by atoms with E-state index in [0.29, 0.717) is 5.92 Å². The molecule has 4 nitrogen and oxygen atoms in total. The second-order valence-electron chi connectivity index (χ2n) is 11.5. The van der Waals surface area contributed by atoms with Gasteiger partial charge in [0.1, 0.15) is 0 Å². The molecule has 2 aliphatic rings. The summed E-state index contributed by atoms with van der Waals surface area (Å²) in [7, 11) is 1.90. The molecule has 212 valence electrons. The number of aryl methyl sites for hydroxylation is 1. The summed E-state index contributed by atoms with van der Waals surface area (Å²) < 4.78 is 0. The van der Waals surface area contributed by atoms with Gasteiger partial charge in [-0.2, -0.15) is 0 Å². The van der Waals surface area contributed by atoms with Crippen LogP contribution in [0.15, 0.2) is 125 Å². The number of nitrogens with one attached hydrogen (secondary N) is 1. The van der Waals surface area contributed by atoms with Crippen LogP contribution >= 0.6 is 0 Å². The Morgan fingerprint density at radius 2 is 1.86 bits per heavy atom. The van der Waals surface area contributed by atoms with Crippen molar-refractivity contribution in [3.05, 3.63) is 137 Å². The first-order valence-corrected chi connectivity index (χ1v) is 14.7. The van der Waals surface area contributed by atoms with E-state index in [9.17, 15) is 0 Å². The zero-order valence-electron chi connectivity index (χ0n) is 25.5. The average molecular weight is 553 g/mol. The minimum Gasteiger partial charge on any atom is -0.394 e. The first-order valence-electron chi connectivity index (χ1n) is 14.7. The number of benzene rings is 1. The van der Waals surface area contributed by atoms with Crippen LogP contribution < -0.4 is 5.32 Å². The number of aromatic nitrogens is 2. The minimum absolute atomic E-state index is 0.0652. The smallest absolute Gasteiger partial charge is 0.0726 e. The Hall–Kier alpha value is -4.57. The topological polar surface area (TPSA) is 50.2 Å². The first kappa shape index (κ1) is 28.9. The Morgan fingerprint density at radius 1 is 1.02 bits per heavy atom. The highest BCUT2D eigenvalue weighted by Gasteiger charge is 2.29. The van der Waals surface area contributed by atoms with Gasteiger partial charge in [0.05, 0.1) is 11.4 Å². The fourth-order valence-electron chi connectivity index (χ4n) is 5.73. The molecule has 0 spiro atoms. The van der Waals surface area contributed by atoms with Crippen molar-refractivity contribution < 1.29 is 0 Å². The van der Waals surface area contributed by atoms with Crippen molar-refractivity contribution in [3.8, 4) is 22.4 Å². The normalized spacial score (nSPS) is 18.4. The fourth-order valence-corrected chi connectivity index (χ4v) is 5.73. The molecule has 1 N–H and O–H groups in total. The molecule has 0 saturated carbocycles. The van der Waals surface area contributed by atoms with Crippen LogP contribution in [0.1, 0.15) is 50.9 Å². The summed E-state index contributed by atoms with van der Waals surface area (Å²) in [5.41, 5.74) is 12.7. The molecule has 3 heterocycles. The summed E-state index contributed by atoms with van der Waals surface area (Å²) >= 11 is 0. The van der Waals surface area contributed by atoms with Crippen LogP contribution in [0.2, 0.25) is 0 Å². The highest BCUT2D eigenvalue weighted by atomic mass is 14.8. The molecule has 42 heavy (non-hydrogen) atoms. The standard InChI is InChI=1S/C38H40N4/c1-7-28(30-16-20-41-36(23-30)26(2)10-8-18-39-6)12-13-32-25-38(4,5)35-22-29(14-15-34(32)35)31-17-21-42-37(24-31)33-11-9-19-40-27(33)3/h7-15,17-25,30,39H,16H2,1-6H3/b13-12-,18-8-,26-10+,28-7+. The van der Waals surface area contributed by atoms with E-state index < -0.39 is 0 Å². The van der Waals surface area contributed by atoms with Gasteiger partial charge < -0.3 is 5.32 Å². The predicted molar refractivity (Wildman–Crippen MR) is 178 cm³/mol. The summed E-state index contributed by atoms with van der Waals surface area (Å²) in [4.78, 5) is 13.8. The van der Waals surface area contributed by atoms with Gasteiger partial charge in [0.2, 0.25) is 0 Å². The zero-order valence-corrected chi connectivity index (χ0v) is 25.5. The van der Waals surface area contributed by atoms with Crippen molar-refractivity contribution in [3.63, 3.8) is 0 Å². The molecular formula is C38H40N4. The molecule has 1 aromatic carbocycles. The molecule has 1 atom stereocenters. The number of nitrogens with zero attached hydrogens (tertiary/aromatic N) is 3. The van der Waals surface area contributed by atoms with E-state index in [4.69, 9.17) is 0 Å². The molecule has 4 heteroatoms. The number of aliphatic imine (C=N–C) groups is 1. The van der Waals surface area contributed by atoms with Crippen LogP contribution in [-0.4, -0.2) is 23.2 Å². The predicted octanol–water partition coefficient (Wildman–Crippen LogP) is 8.95. The Balaban J connectivity index is 1.40. The largest absolute Gasteiger partial charge is 0.394 e. The van der Waals surface area contributed by atoms with Gasteiger partial charge in [0.15, 0.2) is 0 Å². The van der Waals surface area contributed by atoms with E-state index in [1.54, 1.807) is 0 Å². The third-order valence-corrected chi connectivity index (χ3v) is 8.10. The van der Waals surface area contributed by atoms with Gasteiger partial charge in [-0.05, 0) is 109 Å². The maximum Gasteiger partial charge on any atom is 0.0726 e. The molecule has 0 bridgehead atoms. The molecule has 0 fully saturated rings. The van der Waals surface area contributed by atoms with Crippen LogP contribution in [0.25, 0.3) is 28.0 Å². The van der Waals surface area contributed by atoms with Crippen LogP contribution in [0, 0.1) is 12.8 Å². The number of allylic oxidation sites excluding steroid dienone is 10. The zero-order chi connectivity index (χ0) is 29.7. The van der Waals surface area contributed by atoms with Crippen LogP contribution in [0.4, 0.5) is 0 Å². The lowest BCUT2D eigenvalue weighted by atomic mass is 9.85. The van der Waals surface area contributed by atoms with E-state index in [1.165, 1.54) is 27.8 Å². The first-order chi connectivity index (χ1) is 20.3. The van der Waals surface area contributed by atoms with Crippen molar-refractivity contribution in [2.24, 2.45) is 10.9 Å². The average Bonchev–Trinajstić information content (AvgIpc) is 3.27. The van der Waals surface area contributed by atoms with E-state index >= 15 is 0 Å². The van der Waals surface area contributed by atoms with Gasteiger partial charge in [-0.1, -0.05) is 62.4 Å². The third-order valence-electron chi connectivity index (χ3n) is 8.10. The summed E-state index contributed by atoms with van der Waals surface area (Å²) in [5.74, 6) is 0.302. The van der Waals surface area contributed by atoms with Crippen LogP contribution in [0.3, 0.4) is 0 Å². The van der Waals surface area contributed by atoms with Gasteiger partial charge in [-0.3, -0.25) is 15.0 Å². The van der Waals surface area contributed by atoms with E-state index in [0.717, 1.165) is 40.2 Å². The number of rotatable bonds is 8. The second-order valence-corrected chi connectivity index (χ2v) is 11.5. The number of hydrogen-bond donors (Lipinski definition) is 1. The van der Waals surface area contributed by atoms with Crippen molar-refractivity contribution in [1.29, 1.82) is 0 Å². The quantitative estimate of drug-likeness (QED) is 0.284. The number of hydrogen-bond acceptors (Lipinski definition) is 4. The summed E-state index contributed by atoms with van der Waals surface area (Å²) in [6.45, 7) is 10.9. The summed E-state index contributed by atoms with van der Waals surface area (Å²) in [5, 5.41) is 3.03. The second kappa shape index (κ2) is 12.5. The lowest BCUT2D eigenvalue weighted by Gasteiger charge is -2.19. The Bertz CT molecular complexity index is 1690. The maximum absolute atomic E-state index is 4.67. The number of pyridine rings is 2. The van der Waals surface area contributed by atoms with Crippen LogP contribution in [-0.2, 0) is 5.41 Å². The van der Waals surface area contributed by atoms with Crippen LogP contribution in [0.5, 0.6) is 0 Å². The molecule has 0 radical (unpaired) electrons. The van der Waals surface area contributed by atoms with Gasteiger partial charge in [0.25, 0.3) is 0 Å². The molecule has 0 saturated heterocycles. The molecule has 5 rings (SSSR count). The van der Waals surface area contributed by atoms with Crippen molar-refractivity contribution in [1.82, 2.24) is 15.3 Å². The molecule has 3 aromatic rings. The van der Waals surface area contributed by atoms with Gasteiger partial charge in [-0.15, -0.1) is 0 Å². The van der Waals surface area contributed by atoms with E-state index in [2.05, 4.69) is 121 Å². The van der Waals surface area contributed by atoms with E-state index in [-0.39, 0.29) is 5.41 Å². The monoisotopic (exact) mass is 552 g/mol. The molecular weight excluding hydrogens is 512 g/mol. The lowest BCUT2D eigenvalue weighted by molar-refractivity contribution is 0.683. The maximum atomic E-state index is 4.67. The molecule has 2 aromatic heterocycles. The lowest BCUT2D eigenvalue weighted by Crippen LogP contribution is -2.10. The van der Waals surface area contributed by atoms with Gasteiger partial charge in [-0.25, -0.2) is 0 Å². The summed E-state index contributed by atoms with van der Waals surface area (Å²) in [6, 6.07) is 15.2. The molecule has 0 amide bonds. The van der Waals surface area contributed by atoms with Crippen molar-refractivity contribution >= 4 is 11.8 Å². The highest BCUT2D eigenvalue weighted by Crippen LogP contribution is 2.43. The fraction of sp³-hybridized carbons (Fsp3) is 0.237. The molecule has 1 unspecified atom stereocenters. The van der Waals surface area contributed by atoms with Gasteiger partial charge in [0, 0.05) is 48.2 Å². The Kier molecular flexibility index (Phi) is 8.63. The Morgan fingerprint density at radius 3 is 2.64 bits per heavy atom. The van der Waals surface area contributed by atoms with Crippen molar-refractivity contribution in [2.75, 3.05) is 7.05 Å². The van der Waals surface area contributed by atoms with Crippen molar-refractivity contribution in [2.45, 2.75) is 46.5 Å². The third kappa shape index (κ3) is 6.18. The Labute approximate surface area is 250 Å². The minimum atomic E-state index is -0.0652. The summed E-state index contributed by atoms with van der Waals surface area (Å²) in [6.07, 6.45) is 24.2. The van der Waals surface area contributed by atoms with Gasteiger partial charge >= 0.3 is 0 Å². The molecule has 1 aliphatic carbocycles. The highest BCUT2D eigenvalue weighted by molar-refractivity contribution is 5.85.